The van der Waals surface area contributed by atoms with Crippen LogP contribution in [-0.4, -0.2) is 32.5 Å². The van der Waals surface area contributed by atoms with Crippen LogP contribution in [0, 0.1) is 13.8 Å². The number of benzene rings is 3. The van der Waals surface area contributed by atoms with Crippen molar-refractivity contribution in [1.82, 2.24) is 19.6 Å². The molecular weight excluding hydrogens is 468 g/mol. The Bertz CT molecular complexity index is 1580. The van der Waals surface area contributed by atoms with Gasteiger partial charge in [-0.05, 0) is 62.4 Å². The van der Waals surface area contributed by atoms with Crippen molar-refractivity contribution in [3.63, 3.8) is 0 Å². The average Bonchev–Trinajstić information content (AvgIpc) is 3.40. The second-order valence-electron chi connectivity index (χ2n) is 8.78. The number of aryl methyl sites for hydroxylation is 2. The molecule has 8 heteroatoms. The Morgan fingerprint density at radius 2 is 1.14 bits per heavy atom. The average molecular weight is 495 g/mol. The first-order valence-electron chi connectivity index (χ1n) is 11.8. The van der Waals surface area contributed by atoms with Crippen LogP contribution in [0.3, 0.4) is 0 Å². The molecule has 5 aromatic rings. The van der Waals surface area contributed by atoms with Gasteiger partial charge in [0, 0.05) is 17.0 Å². The highest BCUT2D eigenvalue weighted by Crippen LogP contribution is 2.30. The highest BCUT2D eigenvalue weighted by Gasteiger charge is 2.35. The molecule has 0 radical (unpaired) electrons. The van der Waals surface area contributed by atoms with Crippen LogP contribution in [0.25, 0.3) is 11.4 Å². The second kappa shape index (κ2) is 9.66. The van der Waals surface area contributed by atoms with E-state index in [1.54, 1.807) is 69.5 Å². The fraction of sp³-hybridized carbons (Fsp3) is 0.138. The lowest BCUT2D eigenvalue weighted by Crippen LogP contribution is -2.29. The van der Waals surface area contributed by atoms with E-state index in [0.717, 1.165) is 0 Å². The lowest BCUT2D eigenvalue weighted by Gasteiger charge is -2.14. The van der Waals surface area contributed by atoms with Crippen molar-refractivity contribution in [2.75, 3.05) is 7.11 Å². The molecule has 0 atom stereocenters. The first-order valence-corrected chi connectivity index (χ1v) is 11.8. The molecule has 2 N–H and O–H groups in total. The second-order valence-corrected chi connectivity index (χ2v) is 8.78. The topological polar surface area (TPSA) is 102 Å². The Balaban J connectivity index is 1.74. The summed E-state index contributed by atoms with van der Waals surface area (Å²) in [4.78, 5) is 41.6. The Hall–Kier alpha value is -4.85. The van der Waals surface area contributed by atoms with E-state index in [-0.39, 0.29) is 28.0 Å². The molecule has 0 saturated carbocycles. The zero-order valence-corrected chi connectivity index (χ0v) is 20.7. The lowest BCUT2D eigenvalue weighted by molar-refractivity contribution is 0.0972. The molecule has 3 aromatic carbocycles. The van der Waals surface area contributed by atoms with Gasteiger partial charge < -0.3 is 4.74 Å². The van der Waals surface area contributed by atoms with Gasteiger partial charge >= 0.3 is 0 Å². The first-order chi connectivity index (χ1) is 17.9. The Kier molecular flexibility index (Phi) is 6.23. The summed E-state index contributed by atoms with van der Waals surface area (Å²) >= 11 is 0. The quantitative estimate of drug-likeness (QED) is 0.330. The fourth-order valence-electron chi connectivity index (χ4n) is 4.65. The normalized spacial score (nSPS) is 11.1. The third kappa shape index (κ3) is 4.23. The molecule has 0 spiro atoms. The van der Waals surface area contributed by atoms with Gasteiger partial charge in [0.05, 0.1) is 35.5 Å². The third-order valence-electron chi connectivity index (χ3n) is 6.48. The summed E-state index contributed by atoms with van der Waals surface area (Å²) in [6.07, 6.45) is 0. The number of hydrogen-bond acceptors (Lipinski definition) is 4. The van der Waals surface area contributed by atoms with Crippen LogP contribution in [0.15, 0.2) is 94.5 Å². The van der Waals surface area contributed by atoms with Crippen LogP contribution >= 0.6 is 0 Å². The van der Waals surface area contributed by atoms with E-state index >= 15 is 0 Å². The summed E-state index contributed by atoms with van der Waals surface area (Å²) in [5.74, 6) is -0.890. The van der Waals surface area contributed by atoms with Gasteiger partial charge in [0.1, 0.15) is 5.75 Å². The summed E-state index contributed by atoms with van der Waals surface area (Å²) in [5, 5.41) is 6.19. The van der Waals surface area contributed by atoms with Crippen molar-refractivity contribution in [3.8, 4) is 17.1 Å². The van der Waals surface area contributed by atoms with Crippen molar-refractivity contribution in [2.24, 2.45) is 0 Å². The summed E-state index contributed by atoms with van der Waals surface area (Å²) < 4.78 is 8.03. The minimum atomic E-state index is -1.13. The number of aromatic nitrogens is 4. The molecule has 0 amide bonds. The molecule has 186 valence electrons. The number of ketones is 1. The minimum absolute atomic E-state index is 0.226. The molecule has 8 nitrogen and oxygen atoms in total. The molecule has 2 heterocycles. The number of nitrogens with zero attached hydrogens (tertiary/aromatic N) is 2. The van der Waals surface area contributed by atoms with E-state index in [1.807, 2.05) is 36.4 Å². The summed E-state index contributed by atoms with van der Waals surface area (Å²) in [6.45, 7) is 3.48. The first kappa shape index (κ1) is 23.9. The molecule has 0 bridgehead atoms. The maximum Gasteiger partial charge on any atom is 0.275 e. The molecule has 0 saturated heterocycles. The number of H-pyrrole nitrogens is 2. The van der Waals surface area contributed by atoms with E-state index in [2.05, 4.69) is 10.2 Å². The van der Waals surface area contributed by atoms with Crippen molar-refractivity contribution >= 4 is 5.78 Å². The van der Waals surface area contributed by atoms with Gasteiger partial charge in [-0.1, -0.05) is 36.4 Å². The highest BCUT2D eigenvalue weighted by molar-refractivity contribution is 6.03. The van der Waals surface area contributed by atoms with E-state index in [0.29, 0.717) is 34.1 Å². The number of hydrogen-bond donors (Lipinski definition) is 2. The van der Waals surface area contributed by atoms with Crippen LogP contribution in [-0.2, 0) is 0 Å². The Labute approximate surface area is 212 Å². The van der Waals surface area contributed by atoms with Crippen LogP contribution in [0.2, 0.25) is 0 Å². The van der Waals surface area contributed by atoms with E-state index in [9.17, 15) is 14.4 Å². The number of ether oxygens (including phenoxy) is 1. The fourth-order valence-corrected chi connectivity index (χ4v) is 4.65. The molecule has 0 unspecified atom stereocenters. The molecule has 0 aliphatic heterocycles. The lowest BCUT2D eigenvalue weighted by atomic mass is 9.85. The SMILES string of the molecule is COc1ccc(C(=O)C(c2c(C)[nH]n(-c3ccccc3)c2=O)c2c(C)[nH]n(-c3ccccc3)c2=O)cc1. The van der Waals surface area contributed by atoms with Crippen LogP contribution in [0.5, 0.6) is 5.75 Å². The summed E-state index contributed by atoms with van der Waals surface area (Å²) in [6, 6.07) is 24.9. The van der Waals surface area contributed by atoms with Gasteiger partial charge in [-0.3, -0.25) is 24.6 Å². The van der Waals surface area contributed by atoms with Crippen molar-refractivity contribution in [2.45, 2.75) is 19.8 Å². The number of para-hydroxylation sites is 2. The predicted octanol–water partition coefficient (Wildman–Crippen LogP) is 4.28. The standard InChI is InChI=1S/C29H26N4O4/c1-18-24(28(35)32(30-18)21-10-6-4-7-11-21)26(27(34)20-14-16-23(37-3)17-15-20)25-19(2)31-33(29(25)36)22-12-8-5-9-13-22/h4-17,26,30-31H,1-3H3. The van der Waals surface area contributed by atoms with Gasteiger partial charge in [0.15, 0.2) is 5.78 Å². The van der Waals surface area contributed by atoms with E-state index in [1.165, 1.54) is 9.36 Å². The molecule has 2 aromatic heterocycles. The molecule has 0 aliphatic carbocycles. The maximum absolute atomic E-state index is 14.1. The van der Waals surface area contributed by atoms with Crippen molar-refractivity contribution in [1.29, 1.82) is 0 Å². The number of carbonyl (C=O) groups is 1. The van der Waals surface area contributed by atoms with Gasteiger partial charge in [-0.2, -0.15) is 0 Å². The Morgan fingerprint density at radius 3 is 1.54 bits per heavy atom. The van der Waals surface area contributed by atoms with Crippen molar-refractivity contribution in [3.05, 3.63) is 134 Å². The van der Waals surface area contributed by atoms with Gasteiger partial charge in [0.2, 0.25) is 0 Å². The van der Waals surface area contributed by atoms with Gasteiger partial charge in [-0.25, -0.2) is 9.36 Å². The highest BCUT2D eigenvalue weighted by atomic mass is 16.5. The number of carbonyl (C=O) groups excluding carboxylic acids is 1. The zero-order valence-electron chi connectivity index (χ0n) is 20.7. The molecule has 0 aliphatic rings. The van der Waals surface area contributed by atoms with Crippen LogP contribution < -0.4 is 15.9 Å². The number of rotatable bonds is 7. The monoisotopic (exact) mass is 494 g/mol. The number of aromatic amines is 2. The summed E-state index contributed by atoms with van der Waals surface area (Å²) in [5.41, 5.74) is 2.31. The molecule has 37 heavy (non-hydrogen) atoms. The minimum Gasteiger partial charge on any atom is -0.497 e. The van der Waals surface area contributed by atoms with Gasteiger partial charge in [-0.15, -0.1) is 0 Å². The molecule has 5 rings (SSSR count). The van der Waals surface area contributed by atoms with E-state index in [4.69, 9.17) is 4.74 Å². The third-order valence-corrected chi connectivity index (χ3v) is 6.48. The molecule has 0 fully saturated rings. The van der Waals surface area contributed by atoms with Crippen molar-refractivity contribution < 1.29 is 9.53 Å². The maximum atomic E-state index is 14.1. The number of methoxy groups -OCH3 is 1. The summed E-state index contributed by atoms with van der Waals surface area (Å²) in [7, 11) is 1.55. The van der Waals surface area contributed by atoms with Crippen LogP contribution in [0.4, 0.5) is 0 Å². The zero-order chi connectivity index (χ0) is 26.1. The molecular formula is C29H26N4O4. The van der Waals surface area contributed by atoms with Gasteiger partial charge in [0.25, 0.3) is 11.1 Å². The van der Waals surface area contributed by atoms with E-state index < -0.39 is 5.92 Å². The predicted molar refractivity (Wildman–Crippen MR) is 141 cm³/mol. The number of nitrogens with one attached hydrogen (secondary N) is 2. The Morgan fingerprint density at radius 1 is 0.703 bits per heavy atom. The largest absolute Gasteiger partial charge is 0.497 e. The van der Waals surface area contributed by atoms with Crippen LogP contribution in [0.1, 0.15) is 38.8 Å². The number of Topliss-reactive ketones (excluding diaryl/α,β-unsaturated/α-hetero) is 1. The smallest absolute Gasteiger partial charge is 0.275 e.